The van der Waals surface area contributed by atoms with Gasteiger partial charge in [0.1, 0.15) is 11.5 Å². The molecule has 0 aliphatic carbocycles. The number of likely N-dealkylation sites (N-methyl/N-ethyl adjacent to an activating group) is 1. The molecule has 0 aromatic heterocycles. The van der Waals surface area contributed by atoms with E-state index in [1.54, 1.807) is 12.1 Å². The minimum Gasteiger partial charge on any atom is -0.435 e. The third-order valence-corrected chi connectivity index (χ3v) is 6.00. The average molecular weight is 484 g/mol. The molecule has 3 N–H and O–H groups in total. The predicted octanol–water partition coefficient (Wildman–Crippen LogP) is 1.12. The molecular formula is C19H23BrFN5O4. The summed E-state index contributed by atoms with van der Waals surface area (Å²) >= 11 is 3.26. The second-order valence-corrected chi connectivity index (χ2v) is 8.10. The molecule has 0 bridgehead atoms. The topological polar surface area (TPSA) is 112 Å². The van der Waals surface area contributed by atoms with Crippen molar-refractivity contribution in [1.29, 1.82) is 0 Å². The minimum absolute atomic E-state index is 0.245. The molecule has 162 valence electrons. The fourth-order valence-electron chi connectivity index (χ4n) is 3.72. The molecule has 1 aromatic carbocycles. The van der Waals surface area contributed by atoms with Crippen LogP contribution >= 0.6 is 15.9 Å². The lowest BCUT2D eigenvalue weighted by molar-refractivity contribution is -0.139. The largest absolute Gasteiger partial charge is 0.435 e. The van der Waals surface area contributed by atoms with Crippen LogP contribution < -0.4 is 16.1 Å². The van der Waals surface area contributed by atoms with Crippen molar-refractivity contribution in [1.82, 2.24) is 21.0 Å². The number of carbonyl (C=O) groups is 3. The number of ether oxygens (including phenoxy) is 1. The highest BCUT2D eigenvalue weighted by molar-refractivity contribution is 9.10. The third kappa shape index (κ3) is 4.62. The maximum Gasteiger partial charge on any atom is 0.428 e. The van der Waals surface area contributed by atoms with Crippen molar-refractivity contribution >= 4 is 39.5 Å². The Morgan fingerprint density at radius 1 is 1.37 bits per heavy atom. The summed E-state index contributed by atoms with van der Waals surface area (Å²) in [5, 5.41) is 9.12. The van der Waals surface area contributed by atoms with Gasteiger partial charge in [0.15, 0.2) is 5.60 Å². The first-order chi connectivity index (χ1) is 14.3. The Balaban J connectivity index is 1.70. The standard InChI is InChI=1S/C19H23BrFN5O4/c1-11(23-17(28)16(27)22-2)10-26-8-6-19(7-9-26)15(24-25-18(29)30-19)12-4-3-5-13(21)14(12)20/h3-5,11H,6-10H2,1-2H3,(H,22,27)(H,23,28)(H,25,29)/t11-/m0/s1. The van der Waals surface area contributed by atoms with Crippen molar-refractivity contribution in [3.63, 3.8) is 0 Å². The van der Waals surface area contributed by atoms with Crippen LogP contribution in [0.2, 0.25) is 0 Å². The van der Waals surface area contributed by atoms with E-state index >= 15 is 0 Å². The van der Waals surface area contributed by atoms with Crippen molar-refractivity contribution in [3.8, 4) is 0 Å². The van der Waals surface area contributed by atoms with Crippen LogP contribution in [-0.2, 0) is 14.3 Å². The number of benzene rings is 1. The molecule has 2 aliphatic rings. The number of carbonyl (C=O) groups excluding carboxylic acids is 3. The maximum atomic E-state index is 14.1. The molecule has 1 atom stereocenters. The lowest BCUT2D eigenvalue weighted by atomic mass is 9.82. The van der Waals surface area contributed by atoms with E-state index in [1.807, 2.05) is 6.92 Å². The Kier molecular flexibility index (Phi) is 6.71. The molecule has 1 saturated heterocycles. The smallest absolute Gasteiger partial charge is 0.428 e. The summed E-state index contributed by atoms with van der Waals surface area (Å²) in [5.74, 6) is -1.81. The summed E-state index contributed by atoms with van der Waals surface area (Å²) in [5.41, 5.74) is 2.34. The molecule has 2 heterocycles. The van der Waals surface area contributed by atoms with Crippen LogP contribution in [0.15, 0.2) is 27.8 Å². The summed E-state index contributed by atoms with van der Waals surface area (Å²) in [6.07, 6.45) is 0.266. The van der Waals surface area contributed by atoms with Crippen molar-refractivity contribution in [2.45, 2.75) is 31.4 Å². The molecule has 0 unspecified atom stereocenters. The van der Waals surface area contributed by atoms with Gasteiger partial charge in [-0.15, -0.1) is 0 Å². The second-order valence-electron chi connectivity index (χ2n) is 7.31. The summed E-state index contributed by atoms with van der Waals surface area (Å²) in [7, 11) is 1.40. The molecule has 3 rings (SSSR count). The van der Waals surface area contributed by atoms with Crippen LogP contribution in [0.4, 0.5) is 9.18 Å². The van der Waals surface area contributed by atoms with Crippen LogP contribution in [0.5, 0.6) is 0 Å². The zero-order valence-corrected chi connectivity index (χ0v) is 18.2. The molecule has 1 fully saturated rings. The van der Waals surface area contributed by atoms with Gasteiger partial charge in [-0.3, -0.25) is 9.59 Å². The number of hydrazone groups is 1. The fourth-order valence-corrected chi connectivity index (χ4v) is 4.17. The number of hydrogen-bond acceptors (Lipinski definition) is 6. The first-order valence-electron chi connectivity index (χ1n) is 9.52. The van der Waals surface area contributed by atoms with Gasteiger partial charge in [0.05, 0.1) is 4.47 Å². The summed E-state index contributed by atoms with van der Waals surface area (Å²) in [4.78, 5) is 37.1. The van der Waals surface area contributed by atoms with Crippen LogP contribution in [-0.4, -0.2) is 66.8 Å². The monoisotopic (exact) mass is 483 g/mol. The predicted molar refractivity (Wildman–Crippen MR) is 110 cm³/mol. The quantitative estimate of drug-likeness (QED) is 0.555. The lowest BCUT2D eigenvalue weighted by Crippen LogP contribution is -2.57. The molecule has 0 radical (unpaired) electrons. The third-order valence-electron chi connectivity index (χ3n) is 5.19. The van der Waals surface area contributed by atoms with E-state index in [-0.39, 0.29) is 10.5 Å². The van der Waals surface area contributed by atoms with Crippen molar-refractivity contribution < 1.29 is 23.5 Å². The summed E-state index contributed by atoms with van der Waals surface area (Å²) in [6.45, 7) is 3.48. The lowest BCUT2D eigenvalue weighted by Gasteiger charge is -2.43. The molecule has 2 aliphatic heterocycles. The van der Waals surface area contributed by atoms with E-state index in [9.17, 15) is 18.8 Å². The van der Waals surface area contributed by atoms with E-state index in [0.29, 0.717) is 43.8 Å². The minimum atomic E-state index is -0.969. The van der Waals surface area contributed by atoms with E-state index in [0.717, 1.165) is 0 Å². The fraction of sp³-hybridized carbons (Fsp3) is 0.474. The molecule has 3 amide bonds. The Hall–Kier alpha value is -2.53. The number of nitrogens with zero attached hydrogens (tertiary/aromatic N) is 2. The van der Waals surface area contributed by atoms with Gasteiger partial charge in [0.25, 0.3) is 0 Å². The van der Waals surface area contributed by atoms with Gasteiger partial charge in [-0.2, -0.15) is 5.10 Å². The Morgan fingerprint density at radius 3 is 2.73 bits per heavy atom. The van der Waals surface area contributed by atoms with Crippen LogP contribution in [0.1, 0.15) is 25.3 Å². The summed E-state index contributed by atoms with van der Waals surface area (Å²) < 4.78 is 20.0. The highest BCUT2D eigenvalue weighted by Crippen LogP contribution is 2.35. The zero-order valence-electron chi connectivity index (χ0n) is 16.6. The molecule has 30 heavy (non-hydrogen) atoms. The van der Waals surface area contributed by atoms with E-state index < -0.39 is 29.3 Å². The number of hydrogen-bond donors (Lipinski definition) is 3. The van der Waals surface area contributed by atoms with Gasteiger partial charge in [-0.25, -0.2) is 14.6 Å². The van der Waals surface area contributed by atoms with Crippen LogP contribution in [0, 0.1) is 5.82 Å². The number of nitrogens with one attached hydrogen (secondary N) is 3. The van der Waals surface area contributed by atoms with E-state index in [2.05, 4.69) is 42.0 Å². The van der Waals surface area contributed by atoms with Crippen LogP contribution in [0.3, 0.4) is 0 Å². The van der Waals surface area contributed by atoms with Crippen LogP contribution in [0.25, 0.3) is 0 Å². The molecular weight excluding hydrogens is 461 g/mol. The Labute approximate surface area is 181 Å². The Morgan fingerprint density at radius 2 is 2.07 bits per heavy atom. The van der Waals surface area contributed by atoms with Crippen molar-refractivity contribution in [2.75, 3.05) is 26.7 Å². The second kappa shape index (κ2) is 9.09. The summed E-state index contributed by atoms with van der Waals surface area (Å²) in [6, 6.07) is 4.39. The first-order valence-corrected chi connectivity index (χ1v) is 10.3. The highest BCUT2D eigenvalue weighted by atomic mass is 79.9. The number of amides is 3. The van der Waals surface area contributed by atoms with Gasteiger partial charge in [0, 0.05) is 51.1 Å². The van der Waals surface area contributed by atoms with Gasteiger partial charge in [-0.05, 0) is 28.9 Å². The molecule has 0 saturated carbocycles. The maximum absolute atomic E-state index is 14.1. The van der Waals surface area contributed by atoms with Crippen molar-refractivity contribution in [2.24, 2.45) is 5.10 Å². The molecule has 9 nitrogen and oxygen atoms in total. The number of rotatable bonds is 4. The normalized spacial score (nSPS) is 19.3. The zero-order chi connectivity index (χ0) is 21.9. The van der Waals surface area contributed by atoms with E-state index in [1.165, 1.54) is 13.1 Å². The first kappa shape index (κ1) is 22.2. The van der Waals surface area contributed by atoms with Gasteiger partial charge in [-0.1, -0.05) is 12.1 Å². The molecule has 1 spiro atoms. The van der Waals surface area contributed by atoms with Crippen molar-refractivity contribution in [3.05, 3.63) is 34.1 Å². The number of halogens is 2. The Bertz CT molecular complexity index is 886. The highest BCUT2D eigenvalue weighted by Gasteiger charge is 2.46. The SMILES string of the molecule is CNC(=O)C(=O)N[C@@H](C)CN1CCC2(CC1)OC(=O)NN=C2c1cccc(F)c1Br. The van der Waals surface area contributed by atoms with E-state index in [4.69, 9.17) is 4.74 Å². The van der Waals surface area contributed by atoms with Gasteiger partial charge >= 0.3 is 17.9 Å². The number of piperidine rings is 1. The average Bonchev–Trinajstić information content (AvgIpc) is 2.71. The van der Waals surface area contributed by atoms with Gasteiger partial charge in [0.2, 0.25) is 0 Å². The molecule has 1 aromatic rings. The van der Waals surface area contributed by atoms with Gasteiger partial charge < -0.3 is 20.3 Å². The number of likely N-dealkylation sites (tertiary alicyclic amines) is 1. The molecule has 11 heteroatoms.